The molecule has 1 aromatic rings. The van der Waals surface area contributed by atoms with Crippen molar-refractivity contribution in [1.82, 2.24) is 4.90 Å². The molecule has 1 amide bonds. The van der Waals surface area contributed by atoms with E-state index in [1.165, 1.54) is 12.1 Å². The molecule has 1 aromatic carbocycles. The van der Waals surface area contributed by atoms with E-state index in [9.17, 15) is 14.9 Å². The average Bonchev–Trinajstić information content (AvgIpc) is 2.84. The van der Waals surface area contributed by atoms with Crippen molar-refractivity contribution in [2.45, 2.75) is 38.8 Å². The maximum Gasteiger partial charge on any atom is 0.271 e. The van der Waals surface area contributed by atoms with Crippen LogP contribution < -0.4 is 5.32 Å². The Bertz CT molecular complexity index is 518. The Morgan fingerprint density at radius 2 is 2.30 bits per heavy atom. The van der Waals surface area contributed by atoms with Crippen molar-refractivity contribution < 1.29 is 9.72 Å². The molecule has 108 valence electrons. The number of non-ortho nitro benzene ring substituents is 1. The molecule has 1 fully saturated rings. The van der Waals surface area contributed by atoms with Crippen molar-refractivity contribution in [1.29, 1.82) is 0 Å². The summed E-state index contributed by atoms with van der Waals surface area (Å²) in [5, 5.41) is 13.8. The van der Waals surface area contributed by atoms with Gasteiger partial charge in [-0.1, -0.05) is 6.07 Å². The zero-order chi connectivity index (χ0) is 14.7. The van der Waals surface area contributed by atoms with E-state index in [0.717, 1.165) is 19.4 Å². The van der Waals surface area contributed by atoms with Gasteiger partial charge in [0.25, 0.3) is 5.69 Å². The van der Waals surface area contributed by atoms with Crippen molar-refractivity contribution in [3.8, 4) is 0 Å². The standard InChI is InChI=1S/C14H19N3O3/c1-10-5-4-8-16(10)14(18)11(2)15-12-6-3-7-13(9-12)17(19)20/h3,6-7,9-11,15H,4-5,8H2,1-2H3. The van der Waals surface area contributed by atoms with Crippen LogP contribution in [-0.2, 0) is 4.79 Å². The lowest BCUT2D eigenvalue weighted by molar-refractivity contribution is -0.384. The van der Waals surface area contributed by atoms with E-state index in [1.54, 1.807) is 19.1 Å². The number of amides is 1. The van der Waals surface area contributed by atoms with Gasteiger partial charge in [-0.05, 0) is 32.8 Å². The van der Waals surface area contributed by atoms with Gasteiger partial charge in [-0.25, -0.2) is 0 Å². The number of rotatable bonds is 4. The summed E-state index contributed by atoms with van der Waals surface area (Å²) < 4.78 is 0. The molecule has 0 spiro atoms. The van der Waals surface area contributed by atoms with Crippen LogP contribution in [0.25, 0.3) is 0 Å². The second-order valence-electron chi connectivity index (χ2n) is 5.20. The molecule has 1 aliphatic heterocycles. The third-order valence-electron chi connectivity index (χ3n) is 3.65. The minimum atomic E-state index is -0.444. The van der Waals surface area contributed by atoms with Crippen molar-refractivity contribution >= 4 is 17.3 Å². The Balaban J connectivity index is 2.03. The van der Waals surface area contributed by atoms with Gasteiger partial charge in [0, 0.05) is 30.4 Å². The van der Waals surface area contributed by atoms with Gasteiger partial charge < -0.3 is 10.2 Å². The monoisotopic (exact) mass is 277 g/mol. The number of hydrogen-bond donors (Lipinski definition) is 1. The van der Waals surface area contributed by atoms with Gasteiger partial charge in [-0.15, -0.1) is 0 Å². The summed E-state index contributed by atoms with van der Waals surface area (Å²) in [5.41, 5.74) is 0.607. The lowest BCUT2D eigenvalue weighted by atomic mass is 10.2. The van der Waals surface area contributed by atoms with Crippen LogP contribution in [0.1, 0.15) is 26.7 Å². The number of carbonyl (C=O) groups is 1. The number of benzene rings is 1. The summed E-state index contributed by atoms with van der Waals surface area (Å²) >= 11 is 0. The van der Waals surface area contributed by atoms with Gasteiger partial charge in [-0.2, -0.15) is 0 Å². The fourth-order valence-electron chi connectivity index (χ4n) is 2.53. The molecule has 2 atom stereocenters. The largest absolute Gasteiger partial charge is 0.374 e. The highest BCUT2D eigenvalue weighted by Gasteiger charge is 2.28. The molecule has 1 aliphatic rings. The fraction of sp³-hybridized carbons (Fsp3) is 0.500. The molecule has 2 rings (SSSR count). The third kappa shape index (κ3) is 3.07. The minimum Gasteiger partial charge on any atom is -0.374 e. The SMILES string of the molecule is CC(Nc1cccc([N+](=O)[O-])c1)C(=O)N1CCCC1C. The lowest BCUT2D eigenvalue weighted by Crippen LogP contribution is -2.42. The van der Waals surface area contributed by atoms with Gasteiger partial charge in [0.05, 0.1) is 4.92 Å². The Hall–Kier alpha value is -2.11. The first-order chi connectivity index (χ1) is 9.49. The van der Waals surface area contributed by atoms with Gasteiger partial charge in [-0.3, -0.25) is 14.9 Å². The Kier molecular flexibility index (Phi) is 4.22. The summed E-state index contributed by atoms with van der Waals surface area (Å²) in [6.07, 6.45) is 2.08. The number of nitro groups is 1. The molecular formula is C14H19N3O3. The van der Waals surface area contributed by atoms with Crippen molar-refractivity contribution in [3.05, 3.63) is 34.4 Å². The molecule has 0 saturated carbocycles. The normalized spacial score (nSPS) is 19.7. The fourth-order valence-corrected chi connectivity index (χ4v) is 2.53. The summed E-state index contributed by atoms with van der Waals surface area (Å²) in [4.78, 5) is 24.5. The predicted octanol–water partition coefficient (Wildman–Crippen LogP) is 2.41. The third-order valence-corrected chi connectivity index (χ3v) is 3.65. The van der Waals surface area contributed by atoms with Crippen LogP contribution in [0.2, 0.25) is 0 Å². The number of nitrogens with zero attached hydrogens (tertiary/aromatic N) is 2. The van der Waals surface area contributed by atoms with Crippen LogP contribution in [-0.4, -0.2) is 34.4 Å². The van der Waals surface area contributed by atoms with Gasteiger partial charge in [0.15, 0.2) is 0 Å². The summed E-state index contributed by atoms with van der Waals surface area (Å²) in [5.74, 6) is 0.0431. The van der Waals surface area contributed by atoms with Crippen molar-refractivity contribution in [3.63, 3.8) is 0 Å². The lowest BCUT2D eigenvalue weighted by Gasteiger charge is -2.26. The Morgan fingerprint density at radius 3 is 2.90 bits per heavy atom. The molecule has 2 unspecified atom stereocenters. The molecule has 0 aromatic heterocycles. The zero-order valence-corrected chi connectivity index (χ0v) is 11.7. The quantitative estimate of drug-likeness (QED) is 0.677. The predicted molar refractivity (Wildman–Crippen MR) is 76.6 cm³/mol. The first kappa shape index (κ1) is 14.3. The molecule has 20 heavy (non-hydrogen) atoms. The second-order valence-corrected chi connectivity index (χ2v) is 5.20. The smallest absolute Gasteiger partial charge is 0.271 e. The molecule has 1 heterocycles. The molecule has 6 nitrogen and oxygen atoms in total. The molecule has 0 bridgehead atoms. The molecule has 0 radical (unpaired) electrons. The van der Waals surface area contributed by atoms with Crippen LogP contribution in [0, 0.1) is 10.1 Å². The van der Waals surface area contributed by atoms with Crippen molar-refractivity contribution in [2.75, 3.05) is 11.9 Å². The number of likely N-dealkylation sites (tertiary alicyclic amines) is 1. The second kappa shape index (κ2) is 5.90. The number of nitro benzene ring substituents is 1. The van der Waals surface area contributed by atoms with Crippen LogP contribution in [0.5, 0.6) is 0 Å². The van der Waals surface area contributed by atoms with Crippen LogP contribution in [0.4, 0.5) is 11.4 Å². The van der Waals surface area contributed by atoms with Gasteiger partial charge in [0.1, 0.15) is 6.04 Å². The van der Waals surface area contributed by atoms with Crippen LogP contribution in [0.3, 0.4) is 0 Å². The highest BCUT2D eigenvalue weighted by molar-refractivity contribution is 5.84. The van der Waals surface area contributed by atoms with E-state index >= 15 is 0 Å². The topological polar surface area (TPSA) is 75.5 Å². The molecule has 1 N–H and O–H groups in total. The van der Waals surface area contributed by atoms with Crippen molar-refractivity contribution in [2.24, 2.45) is 0 Å². The summed E-state index contributed by atoms with van der Waals surface area (Å²) in [6.45, 7) is 4.62. The molecule has 1 saturated heterocycles. The number of anilines is 1. The Labute approximate surface area is 117 Å². The Morgan fingerprint density at radius 1 is 1.55 bits per heavy atom. The van der Waals surface area contributed by atoms with Gasteiger partial charge in [0.2, 0.25) is 5.91 Å². The van der Waals surface area contributed by atoms with Gasteiger partial charge >= 0.3 is 0 Å². The summed E-state index contributed by atoms with van der Waals surface area (Å²) in [6, 6.07) is 6.09. The maximum atomic E-state index is 12.3. The van der Waals surface area contributed by atoms with E-state index in [4.69, 9.17) is 0 Å². The van der Waals surface area contributed by atoms with E-state index in [-0.39, 0.29) is 17.6 Å². The number of nitrogens with one attached hydrogen (secondary N) is 1. The van der Waals surface area contributed by atoms with Crippen LogP contribution in [0.15, 0.2) is 24.3 Å². The van der Waals surface area contributed by atoms with Crippen LogP contribution >= 0.6 is 0 Å². The van der Waals surface area contributed by atoms with E-state index < -0.39 is 11.0 Å². The zero-order valence-electron chi connectivity index (χ0n) is 11.7. The first-order valence-corrected chi connectivity index (χ1v) is 6.80. The molecule has 6 heteroatoms. The first-order valence-electron chi connectivity index (χ1n) is 6.80. The minimum absolute atomic E-state index is 0.0178. The van der Waals surface area contributed by atoms with E-state index in [1.807, 2.05) is 11.8 Å². The van der Waals surface area contributed by atoms with E-state index in [2.05, 4.69) is 5.32 Å². The van der Waals surface area contributed by atoms with E-state index in [0.29, 0.717) is 5.69 Å². The molecular weight excluding hydrogens is 258 g/mol. The highest BCUT2D eigenvalue weighted by atomic mass is 16.6. The average molecular weight is 277 g/mol. The number of hydrogen-bond acceptors (Lipinski definition) is 4. The maximum absolute atomic E-state index is 12.3. The number of carbonyl (C=O) groups excluding carboxylic acids is 1. The highest BCUT2D eigenvalue weighted by Crippen LogP contribution is 2.20. The molecule has 0 aliphatic carbocycles. The summed E-state index contributed by atoms with van der Waals surface area (Å²) in [7, 11) is 0.